The fraction of sp³-hybridized carbons (Fsp3) is 0.0435. The Hall–Kier alpha value is -3.29. The van der Waals surface area contributed by atoms with Gasteiger partial charge >= 0.3 is 0 Å². The summed E-state index contributed by atoms with van der Waals surface area (Å²) in [6.07, 6.45) is 0. The van der Waals surface area contributed by atoms with Crippen LogP contribution in [0.1, 0.15) is 36.6 Å². The molecule has 0 fully saturated rings. The number of nitrogens with zero attached hydrogens (tertiary/aromatic N) is 1. The highest BCUT2D eigenvalue weighted by atomic mass is 79.9. The largest absolute Gasteiger partial charge is 0.325 e. The van der Waals surface area contributed by atoms with E-state index in [1.165, 1.54) is 6.07 Å². The van der Waals surface area contributed by atoms with Crippen LogP contribution in [0.2, 0.25) is 5.02 Å². The average molecular weight is 498 g/mol. The minimum Gasteiger partial charge on any atom is -0.325 e. The lowest BCUT2D eigenvalue weighted by Gasteiger charge is -2.14. The van der Waals surface area contributed by atoms with Crippen LogP contribution in [0, 0.1) is 0 Å². The van der Waals surface area contributed by atoms with Gasteiger partial charge in [-0.2, -0.15) is 0 Å². The van der Waals surface area contributed by atoms with E-state index in [0.29, 0.717) is 26.3 Å². The number of halogens is 2. The van der Waals surface area contributed by atoms with Crippen molar-refractivity contribution in [1.29, 1.82) is 0 Å². The van der Waals surface area contributed by atoms with Gasteiger partial charge < -0.3 is 5.32 Å². The average Bonchev–Trinajstić information content (AvgIpc) is 3.00. The molecule has 0 saturated heterocycles. The maximum absolute atomic E-state index is 12.9. The summed E-state index contributed by atoms with van der Waals surface area (Å²) in [7, 11) is 0. The number of fused-ring (bicyclic) bond motifs is 1. The maximum Gasteiger partial charge on any atom is 0.262 e. The Morgan fingerprint density at radius 2 is 1.48 bits per heavy atom. The Balaban J connectivity index is 1.52. The van der Waals surface area contributed by atoms with Gasteiger partial charge in [-0.3, -0.25) is 24.1 Å². The molecule has 3 aromatic rings. The van der Waals surface area contributed by atoms with Crippen LogP contribution in [-0.2, 0) is 4.79 Å². The molecule has 1 aliphatic heterocycles. The number of benzene rings is 3. The zero-order valence-electron chi connectivity index (χ0n) is 15.9. The van der Waals surface area contributed by atoms with E-state index < -0.39 is 24.3 Å². The second kappa shape index (κ2) is 8.45. The third-order valence-corrected chi connectivity index (χ3v) is 5.81. The van der Waals surface area contributed by atoms with E-state index in [4.69, 9.17) is 11.6 Å². The van der Waals surface area contributed by atoms with E-state index in [9.17, 15) is 19.2 Å². The van der Waals surface area contributed by atoms with E-state index in [1.54, 1.807) is 60.7 Å². The minimum absolute atomic E-state index is 0.275. The smallest absolute Gasteiger partial charge is 0.262 e. The van der Waals surface area contributed by atoms with Crippen LogP contribution in [0.25, 0.3) is 0 Å². The number of carbonyl (C=O) groups is 4. The van der Waals surface area contributed by atoms with Gasteiger partial charge in [-0.15, -0.1) is 0 Å². The van der Waals surface area contributed by atoms with Crippen molar-refractivity contribution in [2.45, 2.75) is 0 Å². The van der Waals surface area contributed by atoms with Crippen molar-refractivity contribution in [1.82, 2.24) is 4.90 Å². The topological polar surface area (TPSA) is 83.6 Å². The van der Waals surface area contributed by atoms with Crippen molar-refractivity contribution in [3.05, 3.63) is 98.5 Å². The Morgan fingerprint density at radius 3 is 2.13 bits per heavy atom. The number of rotatable bonds is 5. The monoisotopic (exact) mass is 496 g/mol. The Labute approximate surface area is 190 Å². The standard InChI is InChI=1S/C23H14BrClN2O4/c24-18-10-9-13(11-17(18)21(29)16-7-3-4-8-19(16)25)26-20(28)12-27-22(30)14-5-1-2-6-15(14)23(27)31/h1-11H,12H2,(H,26,28). The SMILES string of the molecule is O=C(CN1C(=O)c2ccccc2C1=O)Nc1ccc(Br)c(C(=O)c2ccccc2Cl)c1. The predicted molar refractivity (Wildman–Crippen MR) is 119 cm³/mol. The highest BCUT2D eigenvalue weighted by molar-refractivity contribution is 9.10. The third kappa shape index (κ3) is 4.02. The number of ketones is 1. The van der Waals surface area contributed by atoms with Crippen LogP contribution in [-0.4, -0.2) is 34.9 Å². The molecule has 3 aromatic carbocycles. The van der Waals surface area contributed by atoms with Crippen molar-refractivity contribution in [3.63, 3.8) is 0 Å². The van der Waals surface area contributed by atoms with Crippen LogP contribution >= 0.6 is 27.5 Å². The molecule has 4 rings (SSSR count). The molecule has 0 radical (unpaired) electrons. The summed E-state index contributed by atoms with van der Waals surface area (Å²) in [5.74, 6) is -1.90. The lowest BCUT2D eigenvalue weighted by atomic mass is 10.0. The van der Waals surface area contributed by atoms with Crippen LogP contribution in [0.4, 0.5) is 5.69 Å². The highest BCUT2D eigenvalue weighted by Gasteiger charge is 2.36. The molecular weight excluding hydrogens is 484 g/mol. The molecule has 31 heavy (non-hydrogen) atoms. The molecule has 0 unspecified atom stereocenters. The van der Waals surface area contributed by atoms with E-state index in [-0.39, 0.29) is 16.9 Å². The zero-order chi connectivity index (χ0) is 22.1. The van der Waals surface area contributed by atoms with Gasteiger partial charge in [0.25, 0.3) is 11.8 Å². The molecule has 0 aliphatic carbocycles. The Morgan fingerprint density at radius 1 is 0.871 bits per heavy atom. The van der Waals surface area contributed by atoms with Gasteiger partial charge in [0.2, 0.25) is 5.91 Å². The van der Waals surface area contributed by atoms with Gasteiger partial charge in [-0.05, 0) is 42.5 Å². The molecule has 8 heteroatoms. The lowest BCUT2D eigenvalue weighted by molar-refractivity contribution is -0.116. The molecule has 0 aromatic heterocycles. The number of imide groups is 1. The van der Waals surface area contributed by atoms with E-state index in [0.717, 1.165) is 4.90 Å². The van der Waals surface area contributed by atoms with E-state index >= 15 is 0 Å². The number of amides is 3. The van der Waals surface area contributed by atoms with Gasteiger partial charge in [0, 0.05) is 21.3 Å². The maximum atomic E-state index is 12.9. The van der Waals surface area contributed by atoms with Crippen LogP contribution in [0.3, 0.4) is 0 Å². The van der Waals surface area contributed by atoms with Gasteiger partial charge in [0.1, 0.15) is 6.54 Å². The quantitative estimate of drug-likeness (QED) is 0.413. The summed E-state index contributed by atoms with van der Waals surface area (Å²) in [4.78, 5) is 51.2. The number of carbonyl (C=O) groups excluding carboxylic acids is 4. The fourth-order valence-electron chi connectivity index (χ4n) is 3.29. The fourth-order valence-corrected chi connectivity index (χ4v) is 3.94. The molecule has 1 heterocycles. The van der Waals surface area contributed by atoms with Crippen LogP contribution in [0.15, 0.2) is 71.2 Å². The number of anilines is 1. The molecule has 0 atom stereocenters. The summed E-state index contributed by atoms with van der Waals surface area (Å²) < 4.78 is 0.538. The number of hydrogen-bond acceptors (Lipinski definition) is 4. The second-order valence-electron chi connectivity index (χ2n) is 6.79. The Bertz CT molecular complexity index is 1220. The van der Waals surface area contributed by atoms with Crippen molar-refractivity contribution in [2.24, 2.45) is 0 Å². The zero-order valence-corrected chi connectivity index (χ0v) is 18.2. The summed E-state index contributed by atoms with van der Waals surface area (Å²) >= 11 is 9.48. The summed E-state index contributed by atoms with van der Waals surface area (Å²) in [6.45, 7) is -0.434. The number of hydrogen-bond donors (Lipinski definition) is 1. The highest BCUT2D eigenvalue weighted by Crippen LogP contribution is 2.27. The Kier molecular flexibility index (Phi) is 5.71. The molecular formula is C23H14BrClN2O4. The molecule has 3 amide bonds. The third-order valence-electron chi connectivity index (χ3n) is 4.79. The van der Waals surface area contributed by atoms with E-state index in [1.807, 2.05) is 0 Å². The predicted octanol–water partition coefficient (Wildman–Crippen LogP) is 4.57. The summed E-state index contributed by atoms with van der Waals surface area (Å²) in [5, 5.41) is 2.95. The minimum atomic E-state index is -0.562. The molecule has 1 aliphatic rings. The van der Waals surface area contributed by atoms with Gasteiger partial charge in [-0.25, -0.2) is 0 Å². The number of nitrogens with one attached hydrogen (secondary N) is 1. The van der Waals surface area contributed by atoms with Gasteiger partial charge in [0.15, 0.2) is 5.78 Å². The van der Waals surface area contributed by atoms with Gasteiger partial charge in [-0.1, -0.05) is 51.8 Å². The summed E-state index contributed by atoms with van der Waals surface area (Å²) in [5.41, 5.74) is 1.54. The molecule has 154 valence electrons. The van der Waals surface area contributed by atoms with E-state index in [2.05, 4.69) is 21.2 Å². The van der Waals surface area contributed by atoms with Crippen molar-refractivity contribution in [2.75, 3.05) is 11.9 Å². The van der Waals surface area contributed by atoms with Crippen LogP contribution in [0.5, 0.6) is 0 Å². The summed E-state index contributed by atoms with van der Waals surface area (Å²) in [6, 6.07) is 17.8. The van der Waals surface area contributed by atoms with Crippen molar-refractivity contribution in [3.8, 4) is 0 Å². The normalized spacial score (nSPS) is 12.6. The second-order valence-corrected chi connectivity index (χ2v) is 8.06. The van der Waals surface area contributed by atoms with Crippen molar-refractivity contribution < 1.29 is 19.2 Å². The van der Waals surface area contributed by atoms with Gasteiger partial charge in [0.05, 0.1) is 16.1 Å². The molecule has 0 bridgehead atoms. The lowest BCUT2D eigenvalue weighted by Crippen LogP contribution is -2.37. The molecule has 1 N–H and O–H groups in total. The van der Waals surface area contributed by atoms with Crippen molar-refractivity contribution >= 4 is 56.7 Å². The first-order valence-corrected chi connectivity index (χ1v) is 10.4. The molecule has 6 nitrogen and oxygen atoms in total. The first kappa shape index (κ1) is 21.0. The first-order chi connectivity index (χ1) is 14.9. The van der Waals surface area contributed by atoms with Crippen LogP contribution < -0.4 is 5.32 Å². The first-order valence-electron chi connectivity index (χ1n) is 9.20. The molecule has 0 saturated carbocycles. The molecule has 0 spiro atoms.